The minimum absolute atomic E-state index is 0.118. The van der Waals surface area contributed by atoms with Gasteiger partial charge in [0.25, 0.3) is 0 Å². The maximum absolute atomic E-state index is 12.7. The van der Waals surface area contributed by atoms with Crippen LogP contribution in [0.5, 0.6) is 5.75 Å². The van der Waals surface area contributed by atoms with Crippen LogP contribution in [0, 0.1) is 0 Å². The Kier molecular flexibility index (Phi) is 6.32. The number of fused-ring (bicyclic) bond motifs is 1. The summed E-state index contributed by atoms with van der Waals surface area (Å²) in [5.74, 6) is 1.07. The fourth-order valence-electron chi connectivity index (χ4n) is 3.73. The molecular weight excluding hydrogens is 316 g/mol. The molecule has 138 valence electrons. The van der Waals surface area contributed by atoms with Gasteiger partial charge in [-0.05, 0) is 31.7 Å². The Morgan fingerprint density at radius 2 is 2.16 bits per heavy atom. The quantitative estimate of drug-likeness (QED) is 0.890. The number of hydrogen-bond acceptors (Lipinski definition) is 4. The molecule has 0 aromatic heterocycles. The van der Waals surface area contributed by atoms with Gasteiger partial charge in [-0.25, -0.2) is 0 Å². The average Bonchev–Trinajstić information content (AvgIpc) is 2.78. The van der Waals surface area contributed by atoms with E-state index in [0.29, 0.717) is 13.1 Å². The Morgan fingerprint density at radius 3 is 2.96 bits per heavy atom. The predicted octanol–water partition coefficient (Wildman–Crippen LogP) is 2.42. The zero-order valence-corrected chi connectivity index (χ0v) is 15.2. The number of β-amino-alcohol motifs (C(OH)–C–C–N with tert-alkyl or cyclic N) is 1. The van der Waals surface area contributed by atoms with Crippen LogP contribution in [0.15, 0.2) is 24.3 Å². The van der Waals surface area contributed by atoms with Crippen LogP contribution >= 0.6 is 0 Å². The Bertz CT molecular complexity index is 578. The summed E-state index contributed by atoms with van der Waals surface area (Å²) in [5, 5.41) is 9.82. The van der Waals surface area contributed by atoms with Crippen molar-refractivity contribution in [2.45, 2.75) is 57.8 Å². The van der Waals surface area contributed by atoms with Crippen molar-refractivity contribution >= 4 is 5.91 Å². The van der Waals surface area contributed by atoms with E-state index in [0.717, 1.165) is 63.1 Å². The molecule has 1 aromatic rings. The lowest BCUT2D eigenvalue weighted by molar-refractivity contribution is -0.135. The van der Waals surface area contributed by atoms with E-state index in [2.05, 4.69) is 17.9 Å². The number of aliphatic hydroxyl groups excluding tert-OH is 1. The van der Waals surface area contributed by atoms with Crippen LogP contribution < -0.4 is 4.74 Å². The number of likely N-dealkylation sites (tertiary alicyclic amines) is 1. The van der Waals surface area contributed by atoms with Crippen molar-refractivity contribution in [3.63, 3.8) is 0 Å². The first-order valence-corrected chi connectivity index (χ1v) is 9.58. The first-order valence-electron chi connectivity index (χ1n) is 9.58. The third-order valence-corrected chi connectivity index (χ3v) is 5.11. The molecule has 2 aliphatic heterocycles. The summed E-state index contributed by atoms with van der Waals surface area (Å²) in [7, 11) is 0. The molecule has 25 heavy (non-hydrogen) atoms. The molecule has 1 N–H and O–H groups in total. The van der Waals surface area contributed by atoms with Crippen molar-refractivity contribution in [2.24, 2.45) is 0 Å². The standard InChI is InChI=1S/C20H30N2O3/c1-2-3-9-18-14-21(12-16-7-4-5-10-19(16)25-18)15-20(24)22-11-6-8-17(23)13-22/h4-5,7,10,17-18,23H,2-3,6,8-9,11-15H2,1H3/t17-,18+/m1/s1. The fraction of sp³-hybridized carbons (Fsp3) is 0.650. The highest BCUT2D eigenvalue weighted by Crippen LogP contribution is 2.26. The van der Waals surface area contributed by atoms with Gasteiger partial charge in [0.05, 0.1) is 12.6 Å². The summed E-state index contributed by atoms with van der Waals surface area (Å²) in [5.41, 5.74) is 1.15. The van der Waals surface area contributed by atoms with Crippen molar-refractivity contribution < 1.29 is 14.6 Å². The molecule has 0 aliphatic carbocycles. The van der Waals surface area contributed by atoms with Gasteiger partial charge in [-0.1, -0.05) is 31.5 Å². The van der Waals surface area contributed by atoms with Crippen LogP contribution in [0.1, 0.15) is 44.6 Å². The van der Waals surface area contributed by atoms with Gasteiger partial charge < -0.3 is 14.7 Å². The summed E-state index contributed by atoms with van der Waals surface area (Å²) in [6.45, 7) is 5.33. The highest BCUT2D eigenvalue weighted by molar-refractivity contribution is 5.78. The van der Waals surface area contributed by atoms with Gasteiger partial charge in [0, 0.05) is 31.7 Å². The fourth-order valence-corrected chi connectivity index (χ4v) is 3.73. The number of ether oxygens (including phenoxy) is 1. The Labute approximate surface area is 150 Å². The van der Waals surface area contributed by atoms with Crippen molar-refractivity contribution in [2.75, 3.05) is 26.2 Å². The van der Waals surface area contributed by atoms with E-state index in [9.17, 15) is 9.90 Å². The van der Waals surface area contributed by atoms with E-state index in [1.807, 2.05) is 23.1 Å². The predicted molar refractivity (Wildman–Crippen MR) is 97.5 cm³/mol. The zero-order chi connectivity index (χ0) is 17.6. The number of amides is 1. The van der Waals surface area contributed by atoms with Crippen LogP contribution in [-0.4, -0.2) is 59.2 Å². The monoisotopic (exact) mass is 346 g/mol. The summed E-state index contributed by atoms with van der Waals surface area (Å²) in [6.07, 6.45) is 4.73. The molecule has 0 saturated carbocycles. The highest BCUT2D eigenvalue weighted by atomic mass is 16.5. The molecule has 0 spiro atoms. The molecule has 1 amide bonds. The number of hydrogen-bond donors (Lipinski definition) is 1. The molecule has 0 unspecified atom stereocenters. The van der Waals surface area contributed by atoms with Crippen LogP contribution in [0.4, 0.5) is 0 Å². The number of benzene rings is 1. The van der Waals surface area contributed by atoms with Crippen molar-refractivity contribution in [3.05, 3.63) is 29.8 Å². The van der Waals surface area contributed by atoms with E-state index in [4.69, 9.17) is 4.74 Å². The van der Waals surface area contributed by atoms with Gasteiger partial charge in [0.2, 0.25) is 5.91 Å². The SMILES string of the molecule is CCCC[C@H]1CN(CC(=O)N2CCC[C@@H](O)C2)Cc2ccccc2O1. The summed E-state index contributed by atoms with van der Waals surface area (Å²) in [4.78, 5) is 16.7. The van der Waals surface area contributed by atoms with Gasteiger partial charge in [0.1, 0.15) is 11.9 Å². The lowest BCUT2D eigenvalue weighted by Crippen LogP contribution is -2.47. The molecule has 1 saturated heterocycles. The molecule has 0 bridgehead atoms. The van der Waals surface area contributed by atoms with Crippen LogP contribution in [0.2, 0.25) is 0 Å². The maximum atomic E-state index is 12.7. The van der Waals surface area contributed by atoms with E-state index in [1.165, 1.54) is 0 Å². The molecule has 2 aliphatic rings. The minimum Gasteiger partial charge on any atom is -0.489 e. The first kappa shape index (κ1) is 18.2. The lowest BCUT2D eigenvalue weighted by atomic mass is 10.1. The lowest BCUT2D eigenvalue weighted by Gasteiger charge is -2.32. The third kappa shape index (κ3) is 4.95. The number of piperidine rings is 1. The van der Waals surface area contributed by atoms with Gasteiger partial charge in [-0.15, -0.1) is 0 Å². The molecule has 2 atom stereocenters. The molecule has 2 heterocycles. The van der Waals surface area contributed by atoms with Crippen molar-refractivity contribution in [1.29, 1.82) is 0 Å². The van der Waals surface area contributed by atoms with Crippen molar-refractivity contribution in [1.82, 2.24) is 9.80 Å². The second-order valence-corrected chi connectivity index (χ2v) is 7.30. The number of aliphatic hydroxyl groups is 1. The third-order valence-electron chi connectivity index (χ3n) is 5.11. The molecular formula is C20H30N2O3. The van der Waals surface area contributed by atoms with E-state index in [1.54, 1.807) is 0 Å². The molecule has 5 heteroatoms. The number of nitrogens with zero attached hydrogens (tertiary/aromatic N) is 2. The highest BCUT2D eigenvalue weighted by Gasteiger charge is 2.27. The first-order chi connectivity index (χ1) is 12.2. The summed E-state index contributed by atoms with van der Waals surface area (Å²) in [6, 6.07) is 8.14. The number of unbranched alkanes of at least 4 members (excludes halogenated alkanes) is 1. The topological polar surface area (TPSA) is 53.0 Å². The summed E-state index contributed by atoms with van der Waals surface area (Å²) >= 11 is 0. The average molecular weight is 346 g/mol. The molecule has 1 fully saturated rings. The van der Waals surface area contributed by atoms with Gasteiger partial charge in [-0.3, -0.25) is 9.69 Å². The van der Waals surface area contributed by atoms with Gasteiger partial charge in [0.15, 0.2) is 0 Å². The van der Waals surface area contributed by atoms with Gasteiger partial charge >= 0.3 is 0 Å². The maximum Gasteiger partial charge on any atom is 0.236 e. The second kappa shape index (κ2) is 8.68. The Morgan fingerprint density at radius 1 is 1.32 bits per heavy atom. The normalized spacial score (nSPS) is 24.3. The van der Waals surface area contributed by atoms with E-state index in [-0.39, 0.29) is 18.1 Å². The van der Waals surface area contributed by atoms with Crippen LogP contribution in [0.3, 0.4) is 0 Å². The Hall–Kier alpha value is -1.59. The van der Waals surface area contributed by atoms with E-state index < -0.39 is 0 Å². The van der Waals surface area contributed by atoms with Crippen LogP contribution in [-0.2, 0) is 11.3 Å². The Balaban J connectivity index is 1.67. The number of rotatable bonds is 5. The summed E-state index contributed by atoms with van der Waals surface area (Å²) < 4.78 is 6.23. The number of para-hydroxylation sites is 1. The van der Waals surface area contributed by atoms with Gasteiger partial charge in [-0.2, -0.15) is 0 Å². The minimum atomic E-state index is -0.372. The number of carbonyl (C=O) groups excluding carboxylic acids is 1. The molecule has 5 nitrogen and oxygen atoms in total. The number of carbonyl (C=O) groups is 1. The second-order valence-electron chi connectivity index (χ2n) is 7.30. The molecule has 3 rings (SSSR count). The zero-order valence-electron chi connectivity index (χ0n) is 15.2. The largest absolute Gasteiger partial charge is 0.489 e. The molecule has 1 aromatic carbocycles. The van der Waals surface area contributed by atoms with Crippen molar-refractivity contribution in [3.8, 4) is 5.75 Å². The van der Waals surface area contributed by atoms with E-state index >= 15 is 0 Å². The molecule has 0 radical (unpaired) electrons. The smallest absolute Gasteiger partial charge is 0.236 e. The van der Waals surface area contributed by atoms with Crippen LogP contribution in [0.25, 0.3) is 0 Å².